The van der Waals surface area contributed by atoms with Crippen LogP contribution >= 0.6 is 0 Å². The average molecular weight is 263 g/mol. The molecule has 0 spiro atoms. The molecule has 0 aromatic heterocycles. The first-order chi connectivity index (χ1) is 7.68. The van der Waals surface area contributed by atoms with E-state index in [1.165, 1.54) is 0 Å². The van der Waals surface area contributed by atoms with Crippen LogP contribution < -0.4 is 5.73 Å². The Hall–Kier alpha value is -0.170. The summed E-state index contributed by atoms with van der Waals surface area (Å²) in [6.07, 6.45) is 0. The first kappa shape index (κ1) is 14.9. The molecular formula is C11H25N3O2S. The minimum absolute atomic E-state index is 0.0632. The van der Waals surface area contributed by atoms with E-state index in [-0.39, 0.29) is 11.5 Å². The van der Waals surface area contributed by atoms with E-state index in [1.54, 1.807) is 13.8 Å². The molecule has 0 radical (unpaired) electrons. The lowest BCUT2D eigenvalue weighted by Crippen LogP contribution is -2.47. The van der Waals surface area contributed by atoms with E-state index < -0.39 is 15.4 Å². The maximum atomic E-state index is 11.8. The molecule has 0 bridgehead atoms. The molecule has 5 nitrogen and oxygen atoms in total. The number of nitrogens with zero attached hydrogens (tertiary/aromatic N) is 2. The Bertz CT molecular complexity index is 327. The number of piperazine rings is 1. The molecule has 0 unspecified atom stereocenters. The van der Waals surface area contributed by atoms with Gasteiger partial charge >= 0.3 is 0 Å². The van der Waals surface area contributed by atoms with Crippen LogP contribution in [0.15, 0.2) is 0 Å². The minimum atomic E-state index is -3.03. The predicted molar refractivity (Wildman–Crippen MR) is 70.9 cm³/mol. The summed E-state index contributed by atoms with van der Waals surface area (Å²) >= 11 is 0. The van der Waals surface area contributed by atoms with E-state index in [2.05, 4.69) is 16.8 Å². The Balaban J connectivity index is 2.35. The van der Waals surface area contributed by atoms with Crippen LogP contribution in [0.25, 0.3) is 0 Å². The molecule has 102 valence electrons. The normalized spacial score (nSPS) is 20.7. The van der Waals surface area contributed by atoms with Crippen molar-refractivity contribution in [3.05, 3.63) is 0 Å². The Morgan fingerprint density at radius 1 is 1.18 bits per heavy atom. The molecule has 1 aliphatic rings. The number of rotatable bonds is 5. The lowest BCUT2D eigenvalue weighted by atomic mass is 10.1. The van der Waals surface area contributed by atoms with Crippen LogP contribution in [-0.4, -0.2) is 75.0 Å². The Labute approximate surface area is 105 Å². The van der Waals surface area contributed by atoms with Crippen molar-refractivity contribution < 1.29 is 8.42 Å². The Kier molecular flexibility index (Phi) is 4.95. The van der Waals surface area contributed by atoms with Gasteiger partial charge in [-0.3, -0.25) is 4.90 Å². The van der Waals surface area contributed by atoms with Gasteiger partial charge in [0.1, 0.15) is 0 Å². The number of hydrogen-bond acceptors (Lipinski definition) is 5. The van der Waals surface area contributed by atoms with Crippen LogP contribution in [0, 0.1) is 0 Å². The molecule has 0 saturated carbocycles. The van der Waals surface area contributed by atoms with Crippen LogP contribution in [0.1, 0.15) is 13.8 Å². The highest BCUT2D eigenvalue weighted by Gasteiger charge is 2.23. The molecule has 2 N–H and O–H groups in total. The summed E-state index contributed by atoms with van der Waals surface area (Å²) < 4.78 is 23.7. The van der Waals surface area contributed by atoms with Crippen LogP contribution in [-0.2, 0) is 9.84 Å². The fourth-order valence-electron chi connectivity index (χ4n) is 1.98. The van der Waals surface area contributed by atoms with Crippen LogP contribution in [0.2, 0.25) is 0 Å². The Morgan fingerprint density at radius 2 is 1.71 bits per heavy atom. The summed E-state index contributed by atoms with van der Waals surface area (Å²) in [7, 11) is -0.944. The molecule has 0 aromatic carbocycles. The second kappa shape index (κ2) is 5.65. The van der Waals surface area contributed by atoms with Crippen LogP contribution in [0.5, 0.6) is 0 Å². The molecule has 1 heterocycles. The third kappa shape index (κ3) is 6.35. The van der Waals surface area contributed by atoms with Gasteiger partial charge in [-0.05, 0) is 20.9 Å². The average Bonchev–Trinajstić information content (AvgIpc) is 2.13. The highest BCUT2D eigenvalue weighted by Crippen LogP contribution is 2.05. The standard InChI is InChI=1S/C11H25N3O2S/c1-11(2,12)10-17(15,16)9-8-14-6-4-13(3)5-7-14/h4-10,12H2,1-3H3. The van der Waals surface area contributed by atoms with Gasteiger partial charge in [-0.2, -0.15) is 0 Å². The number of sulfone groups is 1. The van der Waals surface area contributed by atoms with E-state index in [4.69, 9.17) is 5.73 Å². The van der Waals surface area contributed by atoms with Gasteiger partial charge in [-0.25, -0.2) is 8.42 Å². The smallest absolute Gasteiger partial charge is 0.153 e. The van der Waals surface area contributed by atoms with E-state index in [9.17, 15) is 8.42 Å². The van der Waals surface area contributed by atoms with Gasteiger partial charge in [-0.1, -0.05) is 0 Å². The van der Waals surface area contributed by atoms with Gasteiger partial charge in [0.05, 0.1) is 11.5 Å². The fourth-order valence-corrected chi connectivity index (χ4v) is 3.79. The monoisotopic (exact) mass is 263 g/mol. The van der Waals surface area contributed by atoms with Crippen molar-refractivity contribution in [3.8, 4) is 0 Å². The minimum Gasteiger partial charge on any atom is -0.325 e. The third-order valence-electron chi connectivity index (χ3n) is 2.91. The van der Waals surface area contributed by atoms with Crippen molar-refractivity contribution in [3.63, 3.8) is 0 Å². The first-order valence-corrected chi connectivity index (χ1v) is 7.90. The van der Waals surface area contributed by atoms with Crippen molar-refractivity contribution in [1.82, 2.24) is 9.80 Å². The zero-order chi connectivity index (χ0) is 13.1. The SMILES string of the molecule is CN1CCN(CCS(=O)(=O)CC(C)(C)N)CC1. The molecule has 1 fully saturated rings. The zero-order valence-corrected chi connectivity index (χ0v) is 12.0. The van der Waals surface area contributed by atoms with Gasteiger partial charge in [0.15, 0.2) is 9.84 Å². The second-order valence-corrected chi connectivity index (χ2v) is 7.91. The van der Waals surface area contributed by atoms with Crippen molar-refractivity contribution in [1.29, 1.82) is 0 Å². The lowest BCUT2D eigenvalue weighted by Gasteiger charge is -2.32. The Morgan fingerprint density at radius 3 is 2.18 bits per heavy atom. The summed E-state index contributed by atoms with van der Waals surface area (Å²) in [5, 5.41) is 0. The molecule has 17 heavy (non-hydrogen) atoms. The number of hydrogen-bond donors (Lipinski definition) is 1. The van der Waals surface area contributed by atoms with E-state index in [1.807, 2.05) is 0 Å². The molecule has 0 aliphatic carbocycles. The maximum Gasteiger partial charge on any atom is 0.153 e. The zero-order valence-electron chi connectivity index (χ0n) is 11.1. The topological polar surface area (TPSA) is 66.6 Å². The highest BCUT2D eigenvalue weighted by molar-refractivity contribution is 7.91. The van der Waals surface area contributed by atoms with Gasteiger partial charge in [0.2, 0.25) is 0 Å². The van der Waals surface area contributed by atoms with E-state index in [0.29, 0.717) is 6.54 Å². The fraction of sp³-hybridized carbons (Fsp3) is 1.00. The maximum absolute atomic E-state index is 11.8. The molecule has 1 saturated heterocycles. The molecule has 6 heteroatoms. The largest absolute Gasteiger partial charge is 0.325 e. The predicted octanol–water partition coefficient (Wildman–Crippen LogP) is -0.614. The summed E-state index contributed by atoms with van der Waals surface area (Å²) in [4.78, 5) is 4.47. The molecule has 1 aliphatic heterocycles. The number of likely N-dealkylation sites (N-methyl/N-ethyl adjacent to an activating group) is 1. The summed E-state index contributed by atoms with van der Waals surface area (Å²) in [6, 6.07) is 0. The molecule has 0 aromatic rings. The van der Waals surface area contributed by atoms with Crippen molar-refractivity contribution in [2.45, 2.75) is 19.4 Å². The van der Waals surface area contributed by atoms with Gasteiger partial charge < -0.3 is 10.6 Å². The lowest BCUT2D eigenvalue weighted by molar-refractivity contribution is 0.161. The van der Waals surface area contributed by atoms with E-state index in [0.717, 1.165) is 26.2 Å². The molecule has 0 amide bonds. The van der Waals surface area contributed by atoms with Crippen LogP contribution in [0.4, 0.5) is 0 Å². The molecule has 0 atom stereocenters. The van der Waals surface area contributed by atoms with Gasteiger partial charge in [0, 0.05) is 38.3 Å². The van der Waals surface area contributed by atoms with Crippen LogP contribution in [0.3, 0.4) is 0 Å². The molecular weight excluding hydrogens is 238 g/mol. The highest BCUT2D eigenvalue weighted by atomic mass is 32.2. The van der Waals surface area contributed by atoms with Crippen molar-refractivity contribution in [2.75, 3.05) is 51.3 Å². The van der Waals surface area contributed by atoms with E-state index >= 15 is 0 Å². The summed E-state index contributed by atoms with van der Waals surface area (Å²) in [5.41, 5.74) is 5.11. The summed E-state index contributed by atoms with van der Waals surface area (Å²) in [6.45, 7) is 8.08. The summed E-state index contributed by atoms with van der Waals surface area (Å²) in [5.74, 6) is 0.283. The molecule has 1 rings (SSSR count). The van der Waals surface area contributed by atoms with Crippen molar-refractivity contribution in [2.24, 2.45) is 5.73 Å². The quantitative estimate of drug-likeness (QED) is 0.716. The van der Waals surface area contributed by atoms with Gasteiger partial charge in [-0.15, -0.1) is 0 Å². The first-order valence-electron chi connectivity index (χ1n) is 6.08. The second-order valence-electron chi connectivity index (χ2n) is 5.73. The number of nitrogens with two attached hydrogens (primary N) is 1. The third-order valence-corrected chi connectivity index (χ3v) is 4.89. The van der Waals surface area contributed by atoms with Gasteiger partial charge in [0.25, 0.3) is 0 Å². The van der Waals surface area contributed by atoms with Crippen molar-refractivity contribution >= 4 is 9.84 Å².